The minimum Gasteiger partial charge on any atom is -0.299 e. The van der Waals surface area contributed by atoms with Crippen molar-refractivity contribution in [2.75, 3.05) is 0 Å². The summed E-state index contributed by atoms with van der Waals surface area (Å²) in [7, 11) is 0. The van der Waals surface area contributed by atoms with E-state index in [9.17, 15) is 9.18 Å². The van der Waals surface area contributed by atoms with Crippen molar-refractivity contribution in [1.29, 1.82) is 0 Å². The van der Waals surface area contributed by atoms with Gasteiger partial charge < -0.3 is 0 Å². The summed E-state index contributed by atoms with van der Waals surface area (Å²) in [5, 5.41) is 0. The lowest BCUT2D eigenvalue weighted by molar-refractivity contribution is -0.120. The number of hydrogen-bond donors (Lipinski definition) is 0. The second-order valence-electron chi connectivity index (χ2n) is 5.12. The van der Waals surface area contributed by atoms with Crippen LogP contribution in [0.2, 0.25) is 0 Å². The zero-order chi connectivity index (χ0) is 11.9. The summed E-state index contributed by atoms with van der Waals surface area (Å²) >= 11 is 3.28. The predicted molar refractivity (Wildman–Crippen MR) is 64.7 cm³/mol. The van der Waals surface area contributed by atoms with Gasteiger partial charge in [-0.3, -0.25) is 4.79 Å². The Balaban J connectivity index is 2.07. The number of halogens is 2. The summed E-state index contributed by atoms with van der Waals surface area (Å²) in [5.41, 5.74) is 1.04. The lowest BCUT2D eigenvalue weighted by atomic mass is 10.0. The van der Waals surface area contributed by atoms with E-state index in [1.165, 1.54) is 12.1 Å². The van der Waals surface area contributed by atoms with Crippen molar-refractivity contribution in [3.05, 3.63) is 34.1 Å². The lowest BCUT2D eigenvalue weighted by Crippen LogP contribution is -2.09. The molecular weight excluding hydrogens is 271 g/mol. The highest BCUT2D eigenvalue weighted by Gasteiger charge is 2.49. The third-order valence-electron chi connectivity index (χ3n) is 3.28. The Morgan fingerprint density at radius 1 is 1.56 bits per heavy atom. The van der Waals surface area contributed by atoms with E-state index in [0.717, 1.165) is 12.0 Å². The molecule has 1 atom stereocenters. The van der Waals surface area contributed by atoms with Crippen LogP contribution in [0.25, 0.3) is 0 Å². The number of ketones is 1. The third kappa shape index (κ3) is 2.34. The van der Waals surface area contributed by atoms with E-state index in [-0.39, 0.29) is 22.9 Å². The number of hydrogen-bond acceptors (Lipinski definition) is 1. The van der Waals surface area contributed by atoms with Crippen molar-refractivity contribution in [2.24, 2.45) is 11.3 Å². The topological polar surface area (TPSA) is 17.1 Å². The minimum atomic E-state index is -0.283. The maximum Gasteiger partial charge on any atom is 0.140 e. The molecule has 0 bridgehead atoms. The van der Waals surface area contributed by atoms with Gasteiger partial charge in [0.05, 0.1) is 0 Å². The normalized spacial score (nSPS) is 21.9. The number of carbonyl (C=O) groups is 1. The second kappa shape index (κ2) is 3.95. The molecule has 1 aromatic rings. The number of rotatable bonds is 3. The third-order valence-corrected chi connectivity index (χ3v) is 4.02. The fourth-order valence-corrected chi connectivity index (χ4v) is 2.48. The van der Waals surface area contributed by atoms with Gasteiger partial charge in [0.1, 0.15) is 11.6 Å². The van der Waals surface area contributed by atoms with Crippen LogP contribution in [0.15, 0.2) is 22.7 Å². The van der Waals surface area contributed by atoms with Crippen LogP contribution in [0.3, 0.4) is 0 Å². The highest BCUT2D eigenvalue weighted by atomic mass is 79.9. The first-order valence-electron chi connectivity index (χ1n) is 5.37. The van der Waals surface area contributed by atoms with E-state index in [0.29, 0.717) is 10.9 Å². The molecule has 1 saturated carbocycles. The maximum atomic E-state index is 12.9. The zero-order valence-corrected chi connectivity index (χ0v) is 11.0. The van der Waals surface area contributed by atoms with Gasteiger partial charge in [0.25, 0.3) is 0 Å². The molecule has 0 spiro atoms. The molecule has 1 unspecified atom stereocenters. The summed E-state index contributed by atoms with van der Waals surface area (Å²) in [6.07, 6.45) is 1.37. The first kappa shape index (κ1) is 11.8. The maximum absolute atomic E-state index is 12.9. The molecule has 0 radical (unpaired) electrons. The first-order chi connectivity index (χ1) is 7.40. The van der Waals surface area contributed by atoms with Gasteiger partial charge in [-0.15, -0.1) is 0 Å². The van der Waals surface area contributed by atoms with Crippen molar-refractivity contribution in [3.63, 3.8) is 0 Å². The van der Waals surface area contributed by atoms with E-state index >= 15 is 0 Å². The smallest absolute Gasteiger partial charge is 0.140 e. The Labute approximate surface area is 103 Å². The van der Waals surface area contributed by atoms with Crippen molar-refractivity contribution in [1.82, 2.24) is 0 Å². The van der Waals surface area contributed by atoms with Gasteiger partial charge in [-0.2, -0.15) is 0 Å². The molecule has 1 aliphatic rings. The van der Waals surface area contributed by atoms with E-state index in [1.807, 2.05) is 0 Å². The summed E-state index contributed by atoms with van der Waals surface area (Å²) < 4.78 is 13.5. The second-order valence-corrected chi connectivity index (χ2v) is 5.98. The zero-order valence-electron chi connectivity index (χ0n) is 9.39. The summed E-state index contributed by atoms with van der Waals surface area (Å²) in [5.74, 6) is 0.164. The van der Waals surface area contributed by atoms with E-state index in [4.69, 9.17) is 0 Å². The molecule has 2 rings (SSSR count). The van der Waals surface area contributed by atoms with E-state index in [2.05, 4.69) is 29.8 Å². The fraction of sp³-hybridized carbons (Fsp3) is 0.462. The van der Waals surface area contributed by atoms with E-state index < -0.39 is 0 Å². The highest BCUT2D eigenvalue weighted by Crippen LogP contribution is 2.52. The molecule has 1 fully saturated rings. The van der Waals surface area contributed by atoms with Gasteiger partial charge in [-0.25, -0.2) is 4.39 Å². The first-order valence-corrected chi connectivity index (χ1v) is 6.16. The van der Waals surface area contributed by atoms with Gasteiger partial charge in [0, 0.05) is 16.8 Å². The van der Waals surface area contributed by atoms with Crippen LogP contribution < -0.4 is 0 Å². The van der Waals surface area contributed by atoms with Crippen molar-refractivity contribution in [2.45, 2.75) is 26.7 Å². The van der Waals surface area contributed by atoms with Crippen LogP contribution in [-0.4, -0.2) is 5.78 Å². The molecule has 3 heteroatoms. The molecule has 1 aromatic carbocycles. The quantitative estimate of drug-likeness (QED) is 0.826. The molecule has 0 amide bonds. The Kier molecular flexibility index (Phi) is 2.91. The predicted octanol–water partition coefficient (Wildman–Crippen LogP) is 3.75. The molecule has 0 N–H and O–H groups in total. The molecular formula is C13H14BrFO. The Morgan fingerprint density at radius 2 is 2.19 bits per heavy atom. The highest BCUT2D eigenvalue weighted by molar-refractivity contribution is 9.10. The monoisotopic (exact) mass is 284 g/mol. The minimum absolute atomic E-state index is 0.170. The molecule has 0 aliphatic heterocycles. The van der Waals surface area contributed by atoms with Gasteiger partial charge >= 0.3 is 0 Å². The van der Waals surface area contributed by atoms with Crippen LogP contribution in [0.4, 0.5) is 4.39 Å². The van der Waals surface area contributed by atoms with Crippen LogP contribution in [-0.2, 0) is 11.2 Å². The SMILES string of the molecule is CC1(C)CC1C(=O)Cc1ccc(F)cc1Br. The molecule has 1 aliphatic carbocycles. The Morgan fingerprint density at radius 3 is 2.69 bits per heavy atom. The molecule has 16 heavy (non-hydrogen) atoms. The lowest BCUT2D eigenvalue weighted by Gasteiger charge is -2.05. The van der Waals surface area contributed by atoms with Crippen LogP contribution in [0.1, 0.15) is 25.8 Å². The average molecular weight is 285 g/mol. The van der Waals surface area contributed by atoms with Crippen LogP contribution in [0, 0.1) is 17.2 Å². The van der Waals surface area contributed by atoms with Crippen LogP contribution in [0.5, 0.6) is 0 Å². The molecule has 0 heterocycles. The van der Waals surface area contributed by atoms with Crippen LogP contribution >= 0.6 is 15.9 Å². The molecule has 0 saturated heterocycles. The number of Topliss-reactive ketones (excluding diaryl/α,β-unsaturated/α-hetero) is 1. The van der Waals surface area contributed by atoms with E-state index in [1.54, 1.807) is 6.07 Å². The van der Waals surface area contributed by atoms with Gasteiger partial charge in [-0.1, -0.05) is 35.8 Å². The Bertz CT molecular complexity index is 440. The summed E-state index contributed by atoms with van der Waals surface area (Å²) in [6.45, 7) is 4.21. The van der Waals surface area contributed by atoms with Crippen molar-refractivity contribution < 1.29 is 9.18 Å². The Hall–Kier alpha value is -0.700. The molecule has 0 aromatic heterocycles. The van der Waals surface area contributed by atoms with Crippen molar-refractivity contribution >= 4 is 21.7 Å². The average Bonchev–Trinajstić information content (AvgIpc) is 2.80. The molecule has 86 valence electrons. The summed E-state index contributed by atoms with van der Waals surface area (Å²) in [6, 6.07) is 4.47. The van der Waals surface area contributed by atoms with Gasteiger partial charge in [0.2, 0.25) is 0 Å². The van der Waals surface area contributed by atoms with Gasteiger partial charge in [-0.05, 0) is 29.5 Å². The van der Waals surface area contributed by atoms with Crippen molar-refractivity contribution in [3.8, 4) is 0 Å². The standard InChI is InChI=1S/C13H14BrFO/c1-13(2)7-10(13)12(16)5-8-3-4-9(15)6-11(8)14/h3-4,6,10H,5,7H2,1-2H3. The number of carbonyl (C=O) groups excluding carboxylic acids is 1. The summed E-state index contributed by atoms with van der Waals surface area (Å²) in [4.78, 5) is 11.9. The fourth-order valence-electron chi connectivity index (χ4n) is 1.99. The number of benzene rings is 1. The molecule has 1 nitrogen and oxygen atoms in total. The largest absolute Gasteiger partial charge is 0.299 e. The van der Waals surface area contributed by atoms with Gasteiger partial charge in [0.15, 0.2) is 0 Å².